The van der Waals surface area contributed by atoms with Crippen LogP contribution in [0.15, 0.2) is 66.9 Å². The minimum Gasteiger partial charge on any atom is -0.396 e. The molecule has 8 nitrogen and oxygen atoms in total. The number of nitrogen functional groups attached to an aromatic ring is 1. The molecule has 160 valence electrons. The number of fused-ring (bicyclic) bond motifs is 1. The second-order valence-electron chi connectivity index (χ2n) is 7.48. The van der Waals surface area contributed by atoms with Crippen molar-refractivity contribution in [2.75, 3.05) is 11.1 Å². The number of benzene rings is 2. The molecule has 0 radical (unpaired) electrons. The average molecular weight is 428 g/mol. The first-order valence-corrected chi connectivity index (χ1v) is 9.84. The van der Waals surface area contributed by atoms with E-state index >= 15 is 0 Å². The van der Waals surface area contributed by atoms with Crippen molar-refractivity contribution in [1.29, 1.82) is 0 Å². The fourth-order valence-corrected chi connectivity index (χ4v) is 3.58. The number of non-ortho nitro benzene ring substituents is 1. The van der Waals surface area contributed by atoms with Gasteiger partial charge in [-0.15, -0.1) is 0 Å². The average Bonchev–Trinajstić information content (AvgIpc) is 3.07. The predicted octanol–water partition coefficient (Wildman–Crippen LogP) is 4.53. The van der Waals surface area contributed by atoms with Gasteiger partial charge in [-0.05, 0) is 61.4 Å². The summed E-state index contributed by atoms with van der Waals surface area (Å²) in [7, 11) is 0. The maximum absolute atomic E-state index is 13.2. The summed E-state index contributed by atoms with van der Waals surface area (Å²) in [6.45, 7) is 3.93. The minimum atomic E-state index is -0.537. The van der Waals surface area contributed by atoms with E-state index in [-0.39, 0.29) is 28.2 Å². The van der Waals surface area contributed by atoms with Crippen LogP contribution in [0.4, 0.5) is 17.1 Å². The van der Waals surface area contributed by atoms with Crippen molar-refractivity contribution < 1.29 is 14.5 Å². The number of nitrogens with one attached hydrogen (secondary N) is 1. The zero-order chi connectivity index (χ0) is 23.0. The van der Waals surface area contributed by atoms with Gasteiger partial charge >= 0.3 is 0 Å². The molecule has 3 N–H and O–H groups in total. The van der Waals surface area contributed by atoms with E-state index in [4.69, 9.17) is 5.73 Å². The monoisotopic (exact) mass is 428 g/mol. The number of amides is 1. The molecular formula is C24H20N4O4. The van der Waals surface area contributed by atoms with Gasteiger partial charge in [0.25, 0.3) is 11.6 Å². The van der Waals surface area contributed by atoms with Gasteiger partial charge in [-0.1, -0.05) is 12.1 Å². The number of aryl methyl sites for hydroxylation is 2. The fourth-order valence-electron chi connectivity index (χ4n) is 3.58. The molecule has 0 saturated carbocycles. The van der Waals surface area contributed by atoms with Crippen LogP contribution < -0.4 is 11.1 Å². The number of nitrogens with zero attached hydrogens (tertiary/aromatic N) is 2. The highest BCUT2D eigenvalue weighted by Crippen LogP contribution is 2.30. The van der Waals surface area contributed by atoms with E-state index in [0.717, 1.165) is 11.1 Å². The number of aromatic nitrogens is 1. The van der Waals surface area contributed by atoms with Crippen molar-refractivity contribution in [3.05, 3.63) is 105 Å². The first kappa shape index (κ1) is 20.8. The smallest absolute Gasteiger partial charge is 0.269 e. The second kappa shape index (κ2) is 7.99. The summed E-state index contributed by atoms with van der Waals surface area (Å²) in [5, 5.41) is 13.8. The van der Waals surface area contributed by atoms with Gasteiger partial charge in [-0.3, -0.25) is 19.7 Å². The van der Waals surface area contributed by atoms with Crippen molar-refractivity contribution >= 4 is 34.3 Å². The Balaban J connectivity index is 1.77. The van der Waals surface area contributed by atoms with Gasteiger partial charge in [0.15, 0.2) is 0 Å². The van der Waals surface area contributed by atoms with Crippen molar-refractivity contribution in [1.82, 2.24) is 4.40 Å². The highest BCUT2D eigenvalue weighted by Gasteiger charge is 2.26. The Morgan fingerprint density at radius 2 is 1.72 bits per heavy atom. The molecule has 4 aromatic rings. The van der Waals surface area contributed by atoms with Gasteiger partial charge in [-0.25, -0.2) is 0 Å². The van der Waals surface area contributed by atoms with Gasteiger partial charge in [0.1, 0.15) is 5.69 Å². The molecule has 32 heavy (non-hydrogen) atoms. The Hall–Kier alpha value is -4.46. The molecule has 0 spiro atoms. The largest absolute Gasteiger partial charge is 0.396 e. The number of carbonyl (C=O) groups is 2. The summed E-state index contributed by atoms with van der Waals surface area (Å²) in [6, 6.07) is 16.0. The Morgan fingerprint density at radius 1 is 1.00 bits per heavy atom. The van der Waals surface area contributed by atoms with Crippen LogP contribution in [0.5, 0.6) is 0 Å². The van der Waals surface area contributed by atoms with E-state index in [1.54, 1.807) is 34.9 Å². The molecule has 0 fully saturated rings. The summed E-state index contributed by atoms with van der Waals surface area (Å²) in [5.41, 5.74) is 10.0. The summed E-state index contributed by atoms with van der Waals surface area (Å²) in [6.07, 6.45) is 1.65. The summed E-state index contributed by atoms with van der Waals surface area (Å²) in [5.74, 6) is -0.874. The molecule has 1 amide bonds. The van der Waals surface area contributed by atoms with Gasteiger partial charge in [-0.2, -0.15) is 0 Å². The van der Waals surface area contributed by atoms with E-state index in [1.165, 1.54) is 24.3 Å². The van der Waals surface area contributed by atoms with Gasteiger partial charge in [0.2, 0.25) is 5.78 Å². The number of hydrogen-bond acceptors (Lipinski definition) is 5. The zero-order valence-corrected chi connectivity index (χ0v) is 17.5. The zero-order valence-electron chi connectivity index (χ0n) is 17.5. The van der Waals surface area contributed by atoms with E-state index < -0.39 is 16.6 Å². The number of pyridine rings is 1. The standard InChI is InChI=1S/C24H20N4O4/c1-14-6-9-17(13-15(14)2)26-24(30)20-19-5-3-4-12-27(19)22(21(20)25)23(29)16-7-10-18(11-8-16)28(31)32/h3-13H,25H2,1-2H3,(H,26,30). The van der Waals surface area contributed by atoms with E-state index in [9.17, 15) is 19.7 Å². The Morgan fingerprint density at radius 3 is 2.38 bits per heavy atom. The highest BCUT2D eigenvalue weighted by molar-refractivity contribution is 6.20. The van der Waals surface area contributed by atoms with Crippen molar-refractivity contribution in [3.63, 3.8) is 0 Å². The molecule has 8 heteroatoms. The summed E-state index contributed by atoms with van der Waals surface area (Å²) >= 11 is 0. The Bertz CT molecular complexity index is 1390. The number of hydrogen-bond donors (Lipinski definition) is 2. The quantitative estimate of drug-likeness (QED) is 0.275. The van der Waals surface area contributed by atoms with E-state index in [1.807, 2.05) is 26.0 Å². The van der Waals surface area contributed by atoms with Crippen LogP contribution in [0.2, 0.25) is 0 Å². The normalized spacial score (nSPS) is 10.8. The van der Waals surface area contributed by atoms with Crippen molar-refractivity contribution in [2.24, 2.45) is 0 Å². The van der Waals surface area contributed by atoms with Crippen LogP contribution in [0.3, 0.4) is 0 Å². The summed E-state index contributed by atoms with van der Waals surface area (Å²) in [4.78, 5) is 36.7. The first-order valence-electron chi connectivity index (χ1n) is 9.84. The Kier molecular flexibility index (Phi) is 5.19. The molecule has 2 heterocycles. The number of nitro benzene ring substituents is 1. The van der Waals surface area contributed by atoms with Crippen molar-refractivity contribution in [3.8, 4) is 0 Å². The maximum atomic E-state index is 13.2. The molecule has 0 aliphatic carbocycles. The van der Waals surface area contributed by atoms with Gasteiger partial charge in [0.05, 0.1) is 21.7 Å². The number of rotatable bonds is 5. The topological polar surface area (TPSA) is 120 Å². The fraction of sp³-hybridized carbons (Fsp3) is 0.0833. The molecule has 0 bridgehead atoms. The number of anilines is 2. The van der Waals surface area contributed by atoms with Crippen LogP contribution >= 0.6 is 0 Å². The third-order valence-electron chi connectivity index (χ3n) is 5.43. The molecule has 0 aliphatic rings. The van der Waals surface area contributed by atoms with E-state index in [0.29, 0.717) is 11.2 Å². The highest BCUT2D eigenvalue weighted by atomic mass is 16.6. The third-order valence-corrected chi connectivity index (χ3v) is 5.43. The van der Waals surface area contributed by atoms with Gasteiger partial charge in [0, 0.05) is 29.6 Å². The van der Waals surface area contributed by atoms with Crippen LogP contribution in [0, 0.1) is 24.0 Å². The predicted molar refractivity (Wildman–Crippen MR) is 122 cm³/mol. The number of carbonyl (C=O) groups excluding carboxylic acids is 2. The van der Waals surface area contributed by atoms with Crippen molar-refractivity contribution in [2.45, 2.75) is 13.8 Å². The van der Waals surface area contributed by atoms with Crippen LogP contribution in [0.25, 0.3) is 5.52 Å². The lowest BCUT2D eigenvalue weighted by Crippen LogP contribution is -2.14. The third kappa shape index (κ3) is 3.58. The molecular weight excluding hydrogens is 408 g/mol. The number of nitro groups is 1. The Labute approximate surface area is 183 Å². The van der Waals surface area contributed by atoms with Gasteiger partial charge < -0.3 is 15.5 Å². The second-order valence-corrected chi connectivity index (χ2v) is 7.48. The summed E-state index contributed by atoms with van der Waals surface area (Å²) < 4.78 is 1.56. The molecule has 0 unspecified atom stereocenters. The van der Waals surface area contributed by atoms with Crippen LogP contribution in [-0.4, -0.2) is 21.0 Å². The lowest BCUT2D eigenvalue weighted by molar-refractivity contribution is -0.384. The maximum Gasteiger partial charge on any atom is 0.269 e. The number of ketones is 1. The minimum absolute atomic E-state index is 0.0425. The van der Waals surface area contributed by atoms with E-state index in [2.05, 4.69) is 5.32 Å². The molecule has 2 aromatic carbocycles. The first-order chi connectivity index (χ1) is 15.3. The molecule has 0 atom stereocenters. The van der Waals surface area contributed by atoms with Crippen LogP contribution in [-0.2, 0) is 0 Å². The molecule has 0 saturated heterocycles. The lowest BCUT2D eigenvalue weighted by Gasteiger charge is -2.08. The van der Waals surface area contributed by atoms with Crippen LogP contribution in [0.1, 0.15) is 37.5 Å². The molecule has 4 rings (SSSR count). The lowest BCUT2D eigenvalue weighted by atomic mass is 10.1. The number of nitrogens with two attached hydrogens (primary N) is 1. The SMILES string of the molecule is Cc1ccc(NC(=O)c2c(N)c(C(=O)c3ccc([N+](=O)[O-])cc3)n3ccccc23)cc1C. The molecule has 2 aromatic heterocycles. The molecule has 0 aliphatic heterocycles.